The van der Waals surface area contributed by atoms with Crippen molar-refractivity contribution >= 4 is 16.7 Å². The van der Waals surface area contributed by atoms with Crippen molar-refractivity contribution in [1.29, 1.82) is 0 Å². The van der Waals surface area contributed by atoms with Gasteiger partial charge in [-0.1, -0.05) is 0 Å². The van der Waals surface area contributed by atoms with E-state index in [2.05, 4.69) is 20.3 Å². The maximum Gasteiger partial charge on any atom is 0.418 e. The Morgan fingerprint density at radius 3 is 2.45 bits per heavy atom. The van der Waals surface area contributed by atoms with Gasteiger partial charge in [0.15, 0.2) is 17.1 Å². The molecule has 1 aromatic carbocycles. The van der Waals surface area contributed by atoms with E-state index in [0.717, 1.165) is 18.2 Å². The van der Waals surface area contributed by atoms with Gasteiger partial charge in [-0.2, -0.15) is 13.2 Å². The summed E-state index contributed by atoms with van der Waals surface area (Å²) >= 11 is 0. The molecule has 38 heavy (non-hydrogen) atoms. The average Bonchev–Trinajstić information content (AvgIpc) is 2.83. The Bertz CT molecular complexity index is 1600. The fourth-order valence-electron chi connectivity index (χ4n) is 3.90. The summed E-state index contributed by atoms with van der Waals surface area (Å²) in [6, 6.07) is 4.49. The van der Waals surface area contributed by atoms with Crippen molar-refractivity contribution in [2.75, 3.05) is 11.9 Å². The minimum absolute atomic E-state index is 0.0487. The van der Waals surface area contributed by atoms with Gasteiger partial charge in [0.05, 0.1) is 39.9 Å². The van der Waals surface area contributed by atoms with E-state index in [1.807, 2.05) is 0 Å². The molecule has 0 saturated carbocycles. The summed E-state index contributed by atoms with van der Waals surface area (Å²) in [5.41, 5.74) is -2.98. The monoisotopic (exact) mass is 534 g/mol. The lowest BCUT2D eigenvalue weighted by molar-refractivity contribution is -0.138. The molecule has 4 aromatic rings. The lowest BCUT2D eigenvalue weighted by Gasteiger charge is -2.24. The molecule has 200 valence electrons. The molecule has 0 amide bonds. The Hall–Kier alpha value is -4.06. The van der Waals surface area contributed by atoms with E-state index in [9.17, 15) is 31.9 Å². The van der Waals surface area contributed by atoms with Crippen molar-refractivity contribution in [3.05, 3.63) is 75.2 Å². The first-order valence-electron chi connectivity index (χ1n) is 11.3. The molecule has 0 aliphatic rings. The fourth-order valence-corrected chi connectivity index (χ4v) is 3.90. The third kappa shape index (κ3) is 5.03. The standard InChI is InChI=1S/C26H23F5N4O3/c1-12-14(26(29,30)31)10-33-24(38-19-6-5-15(27)22(28)13(19)2)20(12)17-9-18(37)21-16(34-17)7-8-32-23(21)35-25(3,4)11-36/h5-10,36H,11H2,1-4H3,(H,32,35)(H,34,37). The maximum atomic E-state index is 14.1. The zero-order chi connectivity index (χ0) is 28.0. The maximum absolute atomic E-state index is 14.1. The van der Waals surface area contributed by atoms with Gasteiger partial charge in [-0.05, 0) is 51.5 Å². The summed E-state index contributed by atoms with van der Waals surface area (Å²) in [4.78, 5) is 24.2. The number of fused-ring (bicyclic) bond motifs is 1. The molecule has 0 radical (unpaired) electrons. The van der Waals surface area contributed by atoms with Crippen LogP contribution >= 0.6 is 0 Å². The molecule has 3 heterocycles. The number of halogens is 5. The van der Waals surface area contributed by atoms with Gasteiger partial charge in [-0.25, -0.2) is 18.7 Å². The Kier molecular flexibility index (Phi) is 6.87. The number of rotatable bonds is 6. The molecule has 4 rings (SSSR count). The SMILES string of the molecule is Cc1c(Oc2ncc(C(F)(F)F)c(C)c2-c2cc(=O)c3c(NC(C)(C)CO)nccc3[nH]2)ccc(F)c1F. The highest BCUT2D eigenvalue weighted by Gasteiger charge is 2.35. The van der Waals surface area contributed by atoms with E-state index in [1.54, 1.807) is 13.8 Å². The van der Waals surface area contributed by atoms with Crippen LogP contribution in [-0.4, -0.2) is 32.2 Å². The van der Waals surface area contributed by atoms with Crippen LogP contribution < -0.4 is 15.5 Å². The Morgan fingerprint density at radius 2 is 1.79 bits per heavy atom. The number of hydrogen-bond acceptors (Lipinski definition) is 6. The van der Waals surface area contributed by atoms with E-state index in [1.165, 1.54) is 26.1 Å². The topological polar surface area (TPSA) is 100 Å². The zero-order valence-corrected chi connectivity index (χ0v) is 20.7. The first kappa shape index (κ1) is 27.0. The summed E-state index contributed by atoms with van der Waals surface area (Å²) in [6.07, 6.45) is -2.81. The first-order chi connectivity index (χ1) is 17.7. The smallest absolute Gasteiger partial charge is 0.418 e. The Morgan fingerprint density at radius 1 is 1.08 bits per heavy atom. The van der Waals surface area contributed by atoms with Gasteiger partial charge in [0.1, 0.15) is 11.6 Å². The highest BCUT2D eigenvalue weighted by Crippen LogP contribution is 2.41. The number of ether oxygens (including phenoxy) is 1. The summed E-state index contributed by atoms with van der Waals surface area (Å²) in [6.45, 7) is 5.56. The van der Waals surface area contributed by atoms with Crippen LogP contribution in [0.4, 0.5) is 27.8 Å². The second-order valence-electron chi connectivity index (χ2n) is 9.36. The highest BCUT2D eigenvalue weighted by atomic mass is 19.4. The molecule has 0 bridgehead atoms. The van der Waals surface area contributed by atoms with E-state index < -0.39 is 34.3 Å². The number of nitrogens with one attached hydrogen (secondary N) is 2. The predicted octanol–water partition coefficient (Wildman–Crippen LogP) is 5.87. The molecule has 0 spiro atoms. The predicted molar refractivity (Wildman–Crippen MR) is 131 cm³/mol. The molecule has 0 atom stereocenters. The van der Waals surface area contributed by atoms with E-state index in [0.29, 0.717) is 6.20 Å². The Labute approximate surface area is 213 Å². The minimum atomic E-state index is -4.77. The molecular formula is C26H23F5N4O3. The van der Waals surface area contributed by atoms with Gasteiger partial charge in [0.25, 0.3) is 0 Å². The second kappa shape index (κ2) is 9.67. The van der Waals surface area contributed by atoms with Gasteiger partial charge in [0.2, 0.25) is 5.88 Å². The van der Waals surface area contributed by atoms with Gasteiger partial charge in [0, 0.05) is 24.0 Å². The molecule has 0 unspecified atom stereocenters. The van der Waals surface area contributed by atoms with Crippen molar-refractivity contribution in [2.24, 2.45) is 0 Å². The lowest BCUT2D eigenvalue weighted by atomic mass is 10.0. The van der Waals surface area contributed by atoms with Gasteiger partial charge in [-0.3, -0.25) is 4.79 Å². The third-order valence-corrected chi connectivity index (χ3v) is 5.97. The summed E-state index contributed by atoms with van der Waals surface area (Å²) in [5.74, 6) is -2.64. The van der Waals surface area contributed by atoms with Crippen molar-refractivity contribution in [3.63, 3.8) is 0 Å². The number of alkyl halides is 3. The summed E-state index contributed by atoms with van der Waals surface area (Å²) < 4.78 is 74.7. The van der Waals surface area contributed by atoms with Crippen LogP contribution in [-0.2, 0) is 6.18 Å². The zero-order valence-electron chi connectivity index (χ0n) is 20.7. The van der Waals surface area contributed by atoms with Crippen LogP contribution in [0.15, 0.2) is 41.5 Å². The van der Waals surface area contributed by atoms with Crippen LogP contribution in [0.5, 0.6) is 11.6 Å². The molecule has 3 aromatic heterocycles. The van der Waals surface area contributed by atoms with Crippen LogP contribution in [0.25, 0.3) is 22.2 Å². The number of H-pyrrole nitrogens is 1. The highest BCUT2D eigenvalue weighted by molar-refractivity contribution is 5.91. The number of aromatic amines is 1. The van der Waals surface area contributed by atoms with Crippen LogP contribution in [0.3, 0.4) is 0 Å². The number of anilines is 1. The van der Waals surface area contributed by atoms with Gasteiger partial charge in [-0.15, -0.1) is 0 Å². The molecule has 0 aliphatic heterocycles. The molecule has 0 aliphatic carbocycles. The number of nitrogens with zero attached hydrogens (tertiary/aromatic N) is 2. The molecule has 3 N–H and O–H groups in total. The van der Waals surface area contributed by atoms with Crippen LogP contribution in [0, 0.1) is 25.5 Å². The van der Waals surface area contributed by atoms with Gasteiger partial charge >= 0.3 is 6.18 Å². The van der Waals surface area contributed by atoms with E-state index in [4.69, 9.17) is 4.74 Å². The number of pyridine rings is 3. The van der Waals surface area contributed by atoms with Crippen molar-refractivity contribution in [3.8, 4) is 22.9 Å². The van der Waals surface area contributed by atoms with Crippen molar-refractivity contribution in [2.45, 2.75) is 39.4 Å². The molecule has 7 nitrogen and oxygen atoms in total. The number of aromatic nitrogens is 3. The van der Waals surface area contributed by atoms with Gasteiger partial charge < -0.3 is 20.1 Å². The number of hydrogen-bond donors (Lipinski definition) is 3. The normalized spacial score (nSPS) is 12.2. The lowest BCUT2D eigenvalue weighted by Crippen LogP contribution is -2.35. The van der Waals surface area contributed by atoms with Crippen LogP contribution in [0.1, 0.15) is 30.5 Å². The van der Waals surface area contributed by atoms with Crippen molar-refractivity contribution in [1.82, 2.24) is 15.0 Å². The number of aliphatic hydroxyl groups is 1. The third-order valence-electron chi connectivity index (χ3n) is 5.97. The van der Waals surface area contributed by atoms with Crippen molar-refractivity contribution < 1.29 is 31.8 Å². The molecule has 12 heteroatoms. The summed E-state index contributed by atoms with van der Waals surface area (Å²) in [5, 5.41) is 12.7. The molecule has 0 fully saturated rings. The Balaban J connectivity index is 1.95. The van der Waals surface area contributed by atoms with E-state index in [-0.39, 0.29) is 57.3 Å². The second-order valence-corrected chi connectivity index (χ2v) is 9.36. The average molecular weight is 534 g/mol. The van der Waals surface area contributed by atoms with Crippen LogP contribution in [0.2, 0.25) is 0 Å². The fraction of sp³-hybridized carbons (Fsp3) is 0.269. The summed E-state index contributed by atoms with van der Waals surface area (Å²) in [7, 11) is 0. The minimum Gasteiger partial charge on any atom is -0.438 e. The quantitative estimate of drug-likeness (QED) is 0.268. The largest absolute Gasteiger partial charge is 0.438 e. The number of benzene rings is 1. The number of aliphatic hydroxyl groups excluding tert-OH is 1. The van der Waals surface area contributed by atoms with E-state index >= 15 is 0 Å². The molecule has 0 saturated heterocycles. The first-order valence-corrected chi connectivity index (χ1v) is 11.3. The molecular weight excluding hydrogens is 511 g/mol.